The monoisotopic (exact) mass is 390 g/mol. The van der Waals surface area contributed by atoms with Crippen molar-refractivity contribution in [1.29, 1.82) is 0 Å². The summed E-state index contributed by atoms with van der Waals surface area (Å²) in [5.74, 6) is 1.60. The van der Waals surface area contributed by atoms with Gasteiger partial charge in [0.05, 0.1) is 32.0 Å². The molecule has 148 valence electrons. The standard InChI is InChI=1S/C22H23N5O2/c1-15-20(25-18-14-24-27(12-13-28)22(18)23-2)19-6-4-5-11-26(19)21(15)16-7-9-17(29-3)10-8-16/h4-11,14,28H,12-13H2,1-3H3/p+1. The average molecular weight is 390 g/mol. The molecule has 2 N–H and O–H groups in total. The van der Waals surface area contributed by atoms with Crippen molar-refractivity contribution in [3.05, 3.63) is 71.7 Å². The minimum absolute atomic E-state index is 0.0194. The van der Waals surface area contributed by atoms with Crippen LogP contribution in [0.3, 0.4) is 0 Å². The van der Waals surface area contributed by atoms with Crippen LogP contribution in [0, 0.1) is 0 Å². The topological polar surface area (TPSA) is 75.6 Å². The van der Waals surface area contributed by atoms with Gasteiger partial charge in [0.2, 0.25) is 11.4 Å². The number of aliphatic imine (C=N–C) groups is 1. The van der Waals surface area contributed by atoms with E-state index in [1.165, 1.54) is 0 Å². The van der Waals surface area contributed by atoms with E-state index >= 15 is 0 Å². The van der Waals surface area contributed by atoms with Gasteiger partial charge in [0.25, 0.3) is 0 Å². The second kappa shape index (κ2) is 7.89. The van der Waals surface area contributed by atoms with E-state index in [4.69, 9.17) is 9.73 Å². The number of anilines is 1. The first-order valence-electron chi connectivity index (χ1n) is 9.48. The van der Waals surface area contributed by atoms with Gasteiger partial charge < -0.3 is 15.2 Å². The zero-order chi connectivity index (χ0) is 20.4. The molecule has 7 heteroatoms. The number of aliphatic hydroxyl groups is 1. The maximum absolute atomic E-state index is 9.26. The summed E-state index contributed by atoms with van der Waals surface area (Å²) >= 11 is 0. The van der Waals surface area contributed by atoms with Crippen LogP contribution in [0.25, 0.3) is 5.70 Å². The number of hydrogen-bond donors (Lipinski definition) is 2. The fraction of sp³-hybridized carbons (Fsp3) is 0.227. The Bertz CT molecular complexity index is 1100. The van der Waals surface area contributed by atoms with Gasteiger partial charge in [-0.2, -0.15) is 9.67 Å². The molecule has 3 aromatic rings. The summed E-state index contributed by atoms with van der Waals surface area (Å²) in [5, 5.41) is 16.7. The Morgan fingerprint density at radius 3 is 2.69 bits per heavy atom. The third-order valence-electron chi connectivity index (χ3n) is 5.02. The molecule has 29 heavy (non-hydrogen) atoms. The molecule has 0 aliphatic carbocycles. The van der Waals surface area contributed by atoms with Crippen LogP contribution in [0.15, 0.2) is 65.4 Å². The van der Waals surface area contributed by atoms with Crippen LogP contribution in [0.4, 0.5) is 11.5 Å². The lowest BCUT2D eigenvalue weighted by molar-refractivity contribution is -0.577. The molecule has 1 aliphatic heterocycles. The Labute approximate surface area is 169 Å². The van der Waals surface area contributed by atoms with Crippen LogP contribution < -0.4 is 14.6 Å². The zero-order valence-electron chi connectivity index (χ0n) is 16.8. The van der Waals surface area contributed by atoms with Gasteiger partial charge in [-0.3, -0.25) is 0 Å². The molecular formula is C22H24N5O2+. The number of benzene rings is 1. The summed E-state index contributed by atoms with van der Waals surface area (Å²) in [6.07, 6.45) is 3.77. The van der Waals surface area contributed by atoms with E-state index < -0.39 is 0 Å². The number of ether oxygens (including phenoxy) is 1. The van der Waals surface area contributed by atoms with E-state index in [1.807, 2.05) is 31.3 Å². The molecule has 1 aromatic carbocycles. The van der Waals surface area contributed by atoms with E-state index in [0.717, 1.165) is 45.5 Å². The lowest BCUT2D eigenvalue weighted by Gasteiger charge is -2.05. The van der Waals surface area contributed by atoms with Gasteiger partial charge in [-0.15, -0.1) is 0 Å². The molecule has 0 atom stereocenters. The van der Waals surface area contributed by atoms with E-state index in [-0.39, 0.29) is 6.61 Å². The van der Waals surface area contributed by atoms with Crippen LogP contribution in [0.2, 0.25) is 0 Å². The highest BCUT2D eigenvalue weighted by Crippen LogP contribution is 2.31. The third-order valence-corrected chi connectivity index (χ3v) is 5.02. The Kier molecular flexibility index (Phi) is 5.14. The lowest BCUT2D eigenvalue weighted by Crippen LogP contribution is -2.34. The molecule has 2 aromatic heterocycles. The van der Waals surface area contributed by atoms with Crippen molar-refractivity contribution in [3.8, 4) is 5.75 Å². The number of nitrogens with zero attached hydrogens (tertiary/aromatic N) is 4. The van der Waals surface area contributed by atoms with Crippen molar-refractivity contribution in [2.45, 2.75) is 13.5 Å². The van der Waals surface area contributed by atoms with Crippen molar-refractivity contribution in [2.75, 3.05) is 26.1 Å². The minimum Gasteiger partial charge on any atom is -0.497 e. The number of hydrogen-bond acceptors (Lipinski definition) is 5. The molecule has 1 aliphatic rings. The molecule has 0 saturated carbocycles. The Balaban J connectivity index is 1.85. The van der Waals surface area contributed by atoms with Crippen molar-refractivity contribution in [1.82, 2.24) is 9.78 Å². The van der Waals surface area contributed by atoms with E-state index in [1.54, 1.807) is 18.0 Å². The van der Waals surface area contributed by atoms with Crippen LogP contribution in [-0.2, 0) is 6.54 Å². The molecule has 0 fully saturated rings. The molecule has 7 nitrogen and oxygen atoms in total. The molecule has 0 spiro atoms. The van der Waals surface area contributed by atoms with Crippen molar-refractivity contribution in [2.24, 2.45) is 4.99 Å². The highest BCUT2D eigenvalue weighted by atomic mass is 16.5. The predicted molar refractivity (Wildman–Crippen MR) is 113 cm³/mol. The fourth-order valence-corrected chi connectivity index (χ4v) is 3.66. The van der Waals surface area contributed by atoms with E-state index in [0.29, 0.717) is 6.54 Å². The fourth-order valence-electron chi connectivity index (χ4n) is 3.66. The SMILES string of the molecule is CNc1c(N=C2C(C)=C(c3ccc(OC)cc3)[n+]3ccccc32)cnn1CCO. The van der Waals surface area contributed by atoms with Gasteiger partial charge in [0, 0.05) is 24.7 Å². The van der Waals surface area contributed by atoms with Gasteiger partial charge in [-0.25, -0.2) is 9.67 Å². The summed E-state index contributed by atoms with van der Waals surface area (Å²) in [5.41, 5.74) is 5.93. The molecule has 4 rings (SSSR count). The summed E-state index contributed by atoms with van der Waals surface area (Å²) in [4.78, 5) is 4.95. The summed E-state index contributed by atoms with van der Waals surface area (Å²) < 4.78 is 9.17. The largest absolute Gasteiger partial charge is 0.497 e. The maximum atomic E-state index is 9.26. The van der Waals surface area contributed by atoms with Crippen LogP contribution in [-0.4, -0.2) is 41.4 Å². The normalized spacial score (nSPS) is 14.4. The van der Waals surface area contributed by atoms with Gasteiger partial charge in [0.1, 0.15) is 23.0 Å². The van der Waals surface area contributed by atoms with E-state index in [2.05, 4.69) is 46.3 Å². The Morgan fingerprint density at radius 2 is 2.00 bits per heavy atom. The number of aromatic nitrogens is 3. The molecule has 0 amide bonds. The molecule has 0 radical (unpaired) electrons. The summed E-state index contributed by atoms with van der Waals surface area (Å²) in [6, 6.07) is 14.1. The first kappa shape index (κ1) is 18.9. The Hall–Kier alpha value is -3.45. The van der Waals surface area contributed by atoms with Crippen molar-refractivity contribution >= 4 is 22.9 Å². The summed E-state index contributed by atoms with van der Waals surface area (Å²) in [6.45, 7) is 2.52. The highest BCUT2D eigenvalue weighted by Gasteiger charge is 2.34. The van der Waals surface area contributed by atoms with Gasteiger partial charge in [-0.1, -0.05) is 0 Å². The molecule has 0 bridgehead atoms. The second-order valence-electron chi connectivity index (χ2n) is 6.69. The molecule has 3 heterocycles. The molecule has 0 saturated heterocycles. The first-order chi connectivity index (χ1) is 14.2. The first-order valence-corrected chi connectivity index (χ1v) is 9.48. The average Bonchev–Trinajstić information content (AvgIpc) is 3.27. The summed E-state index contributed by atoms with van der Waals surface area (Å²) in [7, 11) is 3.50. The van der Waals surface area contributed by atoms with Gasteiger partial charge >= 0.3 is 0 Å². The smallest absolute Gasteiger partial charge is 0.237 e. The van der Waals surface area contributed by atoms with E-state index in [9.17, 15) is 5.11 Å². The zero-order valence-corrected chi connectivity index (χ0v) is 16.8. The number of rotatable bonds is 6. The minimum atomic E-state index is 0.0194. The highest BCUT2D eigenvalue weighted by molar-refractivity contribution is 6.17. The lowest BCUT2D eigenvalue weighted by atomic mass is 10.1. The number of fused-ring (bicyclic) bond motifs is 1. The number of methoxy groups -OCH3 is 1. The number of aliphatic hydroxyl groups excluding tert-OH is 1. The van der Waals surface area contributed by atoms with Gasteiger partial charge in [0.15, 0.2) is 6.20 Å². The maximum Gasteiger partial charge on any atom is 0.237 e. The van der Waals surface area contributed by atoms with Gasteiger partial charge in [-0.05, 0) is 37.3 Å². The number of nitrogens with one attached hydrogen (secondary N) is 1. The Morgan fingerprint density at radius 1 is 1.21 bits per heavy atom. The molecular weight excluding hydrogens is 366 g/mol. The van der Waals surface area contributed by atoms with Crippen LogP contribution in [0.5, 0.6) is 5.75 Å². The van der Waals surface area contributed by atoms with Crippen molar-refractivity contribution < 1.29 is 14.4 Å². The number of allylic oxidation sites excluding steroid dienone is 1. The quantitative estimate of drug-likeness (QED) is 0.635. The number of pyridine rings is 1. The van der Waals surface area contributed by atoms with Crippen LogP contribution in [0.1, 0.15) is 18.2 Å². The van der Waals surface area contributed by atoms with Crippen LogP contribution >= 0.6 is 0 Å². The predicted octanol–water partition coefficient (Wildman–Crippen LogP) is 2.63. The van der Waals surface area contributed by atoms with Crippen molar-refractivity contribution in [3.63, 3.8) is 0 Å². The second-order valence-corrected chi connectivity index (χ2v) is 6.69. The third kappa shape index (κ3) is 3.30. The molecule has 0 unspecified atom stereocenters.